The Bertz CT molecular complexity index is 1000. The van der Waals surface area contributed by atoms with E-state index in [0.29, 0.717) is 18.1 Å². The molecule has 0 spiro atoms. The number of nitrogens with one attached hydrogen (secondary N) is 1. The van der Waals surface area contributed by atoms with E-state index in [9.17, 15) is 9.18 Å². The summed E-state index contributed by atoms with van der Waals surface area (Å²) in [5, 5.41) is 3.42. The number of nitrogens with zero attached hydrogens (tertiary/aromatic N) is 2. The average molecular weight is 428 g/mol. The van der Waals surface area contributed by atoms with Crippen LogP contribution in [0.25, 0.3) is 0 Å². The third kappa shape index (κ3) is 5.42. The number of aromatic nitrogens is 1. The maximum atomic E-state index is 14.0. The van der Waals surface area contributed by atoms with Crippen LogP contribution in [0.3, 0.4) is 0 Å². The summed E-state index contributed by atoms with van der Waals surface area (Å²) >= 11 is 6.12. The summed E-state index contributed by atoms with van der Waals surface area (Å²) in [6.45, 7) is 7.21. The second-order valence-corrected chi connectivity index (χ2v) is 8.22. The van der Waals surface area contributed by atoms with Crippen LogP contribution in [0.15, 0.2) is 66.9 Å². The predicted molar refractivity (Wildman–Crippen MR) is 120 cm³/mol. The number of carbonyl (C=O) groups is 1. The molecule has 2 amide bonds. The first-order valence-electron chi connectivity index (χ1n) is 10.1. The van der Waals surface area contributed by atoms with Gasteiger partial charge in [0.1, 0.15) is 5.82 Å². The number of anilines is 1. The predicted octanol–water partition coefficient (Wildman–Crippen LogP) is 6.41. The minimum absolute atomic E-state index is 0.0358. The standard InChI is InChI=1S/C24H27ClFN3O/c1-17(2)18(3)29(24(30)27-23-12-5-4-11-22(23)26)16-21-10-7-13-28(21)15-19-8-6-9-20(25)14-19/h4-14,17-18H,15-16H2,1-3H3,(H,27,30). The molecule has 1 atom stereocenters. The molecule has 158 valence electrons. The van der Waals surface area contributed by atoms with Crippen molar-refractivity contribution in [3.8, 4) is 0 Å². The molecule has 0 saturated heterocycles. The van der Waals surface area contributed by atoms with Gasteiger partial charge in [0, 0.05) is 29.5 Å². The Morgan fingerprint density at radius 3 is 2.57 bits per heavy atom. The minimum atomic E-state index is -0.452. The van der Waals surface area contributed by atoms with Gasteiger partial charge in [-0.25, -0.2) is 9.18 Å². The number of hydrogen-bond acceptors (Lipinski definition) is 1. The number of hydrogen-bond donors (Lipinski definition) is 1. The van der Waals surface area contributed by atoms with Gasteiger partial charge in [-0.1, -0.05) is 49.7 Å². The highest BCUT2D eigenvalue weighted by Gasteiger charge is 2.24. The number of rotatable bonds is 7. The van der Waals surface area contributed by atoms with E-state index in [1.807, 2.05) is 49.5 Å². The van der Waals surface area contributed by atoms with Gasteiger partial charge in [0.05, 0.1) is 12.2 Å². The van der Waals surface area contributed by atoms with E-state index >= 15 is 0 Å². The molecule has 1 N–H and O–H groups in total. The van der Waals surface area contributed by atoms with E-state index in [4.69, 9.17) is 11.6 Å². The molecule has 1 heterocycles. The number of urea groups is 1. The van der Waals surface area contributed by atoms with Crippen LogP contribution in [0.2, 0.25) is 5.02 Å². The molecule has 0 saturated carbocycles. The maximum Gasteiger partial charge on any atom is 0.322 e. The second-order valence-electron chi connectivity index (χ2n) is 7.78. The van der Waals surface area contributed by atoms with Crippen molar-refractivity contribution < 1.29 is 9.18 Å². The third-order valence-electron chi connectivity index (χ3n) is 5.33. The van der Waals surface area contributed by atoms with Gasteiger partial charge in [0.25, 0.3) is 0 Å². The monoisotopic (exact) mass is 427 g/mol. The number of benzene rings is 2. The first-order valence-corrected chi connectivity index (χ1v) is 10.4. The summed E-state index contributed by atoms with van der Waals surface area (Å²) in [5.74, 6) is -0.208. The Balaban J connectivity index is 1.81. The molecule has 2 aromatic carbocycles. The zero-order chi connectivity index (χ0) is 21.7. The lowest BCUT2D eigenvalue weighted by Crippen LogP contribution is -2.43. The van der Waals surface area contributed by atoms with Crippen LogP contribution in [0.5, 0.6) is 0 Å². The summed E-state index contributed by atoms with van der Waals surface area (Å²) in [5.41, 5.74) is 2.25. The third-order valence-corrected chi connectivity index (χ3v) is 5.57. The van der Waals surface area contributed by atoms with Crippen LogP contribution in [0.4, 0.5) is 14.9 Å². The topological polar surface area (TPSA) is 37.3 Å². The first-order chi connectivity index (χ1) is 14.3. The zero-order valence-electron chi connectivity index (χ0n) is 17.5. The smallest absolute Gasteiger partial charge is 0.322 e. The lowest BCUT2D eigenvalue weighted by atomic mass is 10.0. The lowest BCUT2D eigenvalue weighted by Gasteiger charge is -2.32. The van der Waals surface area contributed by atoms with Gasteiger partial charge >= 0.3 is 6.03 Å². The molecule has 1 aromatic heterocycles. The Morgan fingerprint density at radius 1 is 1.10 bits per heavy atom. The fourth-order valence-corrected chi connectivity index (χ4v) is 3.48. The number of carbonyl (C=O) groups excluding carboxylic acids is 1. The normalized spacial score (nSPS) is 12.1. The van der Waals surface area contributed by atoms with Gasteiger partial charge in [-0.05, 0) is 54.8 Å². The largest absolute Gasteiger partial charge is 0.345 e. The molecular weight excluding hydrogens is 401 g/mol. The van der Waals surface area contributed by atoms with Crippen LogP contribution < -0.4 is 5.32 Å². The van der Waals surface area contributed by atoms with Crippen molar-refractivity contribution in [1.82, 2.24) is 9.47 Å². The van der Waals surface area contributed by atoms with Crippen molar-refractivity contribution in [1.29, 1.82) is 0 Å². The second kappa shape index (κ2) is 9.81. The first kappa shape index (κ1) is 21.9. The molecule has 3 aromatic rings. The van der Waals surface area contributed by atoms with E-state index in [0.717, 1.165) is 11.3 Å². The van der Waals surface area contributed by atoms with Crippen molar-refractivity contribution in [3.63, 3.8) is 0 Å². The molecule has 1 unspecified atom stereocenters. The Labute approximate surface area is 182 Å². The summed E-state index contributed by atoms with van der Waals surface area (Å²) < 4.78 is 16.1. The van der Waals surface area contributed by atoms with E-state index in [2.05, 4.69) is 23.7 Å². The van der Waals surface area contributed by atoms with Crippen molar-refractivity contribution >= 4 is 23.3 Å². The zero-order valence-corrected chi connectivity index (χ0v) is 18.2. The SMILES string of the molecule is CC(C)C(C)N(Cc1cccn1Cc1cccc(Cl)c1)C(=O)Nc1ccccc1F. The van der Waals surface area contributed by atoms with Crippen LogP contribution in [0, 0.1) is 11.7 Å². The van der Waals surface area contributed by atoms with Crippen molar-refractivity contribution in [2.24, 2.45) is 5.92 Å². The molecule has 0 fully saturated rings. The fourth-order valence-electron chi connectivity index (χ4n) is 3.26. The highest BCUT2D eigenvalue weighted by atomic mass is 35.5. The molecule has 3 rings (SSSR count). The van der Waals surface area contributed by atoms with Gasteiger partial charge in [0.15, 0.2) is 0 Å². The molecule has 30 heavy (non-hydrogen) atoms. The number of para-hydroxylation sites is 1. The van der Waals surface area contributed by atoms with Gasteiger partial charge < -0.3 is 14.8 Å². The number of amides is 2. The molecule has 0 radical (unpaired) electrons. The van der Waals surface area contributed by atoms with Crippen molar-refractivity contribution in [3.05, 3.63) is 89.0 Å². The molecule has 6 heteroatoms. The van der Waals surface area contributed by atoms with Gasteiger partial charge in [-0.3, -0.25) is 0 Å². The molecule has 0 aliphatic rings. The summed E-state index contributed by atoms with van der Waals surface area (Å²) in [7, 11) is 0. The van der Waals surface area contributed by atoms with E-state index in [1.54, 1.807) is 23.1 Å². The van der Waals surface area contributed by atoms with Gasteiger partial charge in [0.2, 0.25) is 0 Å². The Kier molecular flexibility index (Phi) is 7.16. The van der Waals surface area contributed by atoms with E-state index in [-0.39, 0.29) is 23.7 Å². The molecule has 0 aliphatic carbocycles. The lowest BCUT2D eigenvalue weighted by molar-refractivity contribution is 0.168. The molecule has 0 aliphatic heterocycles. The van der Waals surface area contributed by atoms with Crippen molar-refractivity contribution in [2.75, 3.05) is 5.32 Å². The Morgan fingerprint density at radius 2 is 1.87 bits per heavy atom. The van der Waals surface area contributed by atoms with Crippen LogP contribution in [-0.2, 0) is 13.1 Å². The summed E-state index contributed by atoms with van der Waals surface area (Å²) in [4.78, 5) is 14.8. The van der Waals surface area contributed by atoms with Crippen LogP contribution in [0.1, 0.15) is 32.0 Å². The van der Waals surface area contributed by atoms with Crippen LogP contribution >= 0.6 is 11.6 Å². The van der Waals surface area contributed by atoms with Crippen molar-refractivity contribution in [2.45, 2.75) is 39.9 Å². The number of halogens is 2. The summed E-state index contributed by atoms with van der Waals surface area (Å²) in [6.07, 6.45) is 1.99. The molecular formula is C24H27ClFN3O. The van der Waals surface area contributed by atoms with Crippen LogP contribution in [-0.4, -0.2) is 21.5 Å². The highest BCUT2D eigenvalue weighted by Crippen LogP contribution is 2.20. The minimum Gasteiger partial charge on any atom is -0.345 e. The highest BCUT2D eigenvalue weighted by molar-refractivity contribution is 6.30. The van der Waals surface area contributed by atoms with E-state index < -0.39 is 5.82 Å². The van der Waals surface area contributed by atoms with E-state index in [1.165, 1.54) is 6.07 Å². The summed E-state index contributed by atoms with van der Waals surface area (Å²) in [6, 6.07) is 17.5. The molecule has 4 nitrogen and oxygen atoms in total. The fraction of sp³-hybridized carbons (Fsp3) is 0.292. The van der Waals surface area contributed by atoms with Gasteiger partial charge in [-0.15, -0.1) is 0 Å². The quantitative estimate of drug-likeness (QED) is 0.465. The maximum absolute atomic E-state index is 14.0. The average Bonchev–Trinajstić information content (AvgIpc) is 3.14. The Hall–Kier alpha value is -2.79. The van der Waals surface area contributed by atoms with Gasteiger partial charge in [-0.2, -0.15) is 0 Å². The molecule has 0 bridgehead atoms.